The van der Waals surface area contributed by atoms with E-state index in [2.05, 4.69) is 0 Å². The highest BCUT2D eigenvalue weighted by Gasteiger charge is 2.35. The average molecular weight is 360 g/mol. The first-order chi connectivity index (χ1) is 11.5. The van der Waals surface area contributed by atoms with Gasteiger partial charge in [-0.25, -0.2) is 0 Å². The predicted molar refractivity (Wildman–Crippen MR) is 101 cm³/mol. The molecule has 1 aromatic heterocycles. The number of aryl methyl sites for hydroxylation is 1. The lowest BCUT2D eigenvalue weighted by molar-refractivity contribution is -0.113. The molecular formula is C17H16N2O3S2. The Morgan fingerprint density at radius 1 is 1.21 bits per heavy atom. The van der Waals surface area contributed by atoms with E-state index in [4.69, 9.17) is 21.7 Å². The summed E-state index contributed by atoms with van der Waals surface area (Å²) in [5.74, 6) is 1.03. The maximum Gasteiger partial charge on any atom is 0.270 e. The number of thiocarbonyl (C=S) groups is 1. The number of anilines is 1. The fourth-order valence-corrected chi connectivity index (χ4v) is 3.67. The summed E-state index contributed by atoms with van der Waals surface area (Å²) in [6, 6.07) is 9.15. The van der Waals surface area contributed by atoms with Crippen molar-refractivity contribution < 1.29 is 14.3 Å². The van der Waals surface area contributed by atoms with Gasteiger partial charge in [-0.15, -0.1) is 0 Å². The Morgan fingerprint density at radius 2 is 2.00 bits per heavy atom. The van der Waals surface area contributed by atoms with Gasteiger partial charge in [-0.05, 0) is 30.3 Å². The Labute approximate surface area is 149 Å². The van der Waals surface area contributed by atoms with Crippen LogP contribution in [0.3, 0.4) is 0 Å². The molecule has 0 bridgehead atoms. The van der Waals surface area contributed by atoms with Crippen molar-refractivity contribution in [2.75, 3.05) is 19.1 Å². The molecule has 1 saturated heterocycles. The summed E-state index contributed by atoms with van der Waals surface area (Å²) in [5, 5.41) is 0. The Kier molecular flexibility index (Phi) is 4.64. The van der Waals surface area contributed by atoms with Crippen LogP contribution in [0.4, 0.5) is 5.69 Å². The van der Waals surface area contributed by atoms with Crippen molar-refractivity contribution >= 4 is 46.0 Å². The van der Waals surface area contributed by atoms with Crippen molar-refractivity contribution in [1.29, 1.82) is 0 Å². The molecule has 124 valence electrons. The van der Waals surface area contributed by atoms with Crippen molar-refractivity contribution in [3.63, 3.8) is 0 Å². The summed E-state index contributed by atoms with van der Waals surface area (Å²) in [4.78, 5) is 14.9. The number of carbonyl (C=O) groups is 1. The lowest BCUT2D eigenvalue weighted by Crippen LogP contribution is -2.27. The lowest BCUT2D eigenvalue weighted by Gasteiger charge is -2.18. The topological polar surface area (TPSA) is 43.7 Å². The predicted octanol–water partition coefficient (Wildman–Crippen LogP) is 3.45. The van der Waals surface area contributed by atoms with Gasteiger partial charge in [0.2, 0.25) is 0 Å². The number of methoxy groups -OCH3 is 2. The summed E-state index contributed by atoms with van der Waals surface area (Å²) in [6.07, 6.45) is 3.77. The molecule has 0 saturated carbocycles. The van der Waals surface area contributed by atoms with E-state index in [1.165, 1.54) is 16.7 Å². The van der Waals surface area contributed by atoms with Crippen molar-refractivity contribution in [2.45, 2.75) is 0 Å². The third-order valence-electron chi connectivity index (χ3n) is 3.68. The highest BCUT2D eigenvalue weighted by molar-refractivity contribution is 8.27. The molecule has 0 N–H and O–H groups in total. The van der Waals surface area contributed by atoms with Crippen molar-refractivity contribution in [3.8, 4) is 11.5 Å². The number of hydrogen-bond acceptors (Lipinski definition) is 5. The number of nitrogens with zero attached hydrogens (tertiary/aromatic N) is 2. The number of rotatable bonds is 4. The Morgan fingerprint density at radius 3 is 2.62 bits per heavy atom. The van der Waals surface area contributed by atoms with E-state index in [1.807, 2.05) is 36.0 Å². The second-order valence-electron chi connectivity index (χ2n) is 5.10. The molecule has 0 spiro atoms. The zero-order chi connectivity index (χ0) is 17.3. The summed E-state index contributed by atoms with van der Waals surface area (Å²) >= 11 is 6.69. The normalized spacial score (nSPS) is 16.1. The summed E-state index contributed by atoms with van der Waals surface area (Å²) in [6.45, 7) is 0. The van der Waals surface area contributed by atoms with Gasteiger partial charge in [-0.3, -0.25) is 9.69 Å². The van der Waals surface area contributed by atoms with E-state index in [-0.39, 0.29) is 5.91 Å². The summed E-state index contributed by atoms with van der Waals surface area (Å²) < 4.78 is 13.0. The van der Waals surface area contributed by atoms with Crippen molar-refractivity contribution in [1.82, 2.24) is 4.57 Å². The third-order valence-corrected chi connectivity index (χ3v) is 4.99. The molecule has 1 fully saturated rings. The maximum atomic E-state index is 12.8. The van der Waals surface area contributed by atoms with Crippen molar-refractivity contribution in [3.05, 3.63) is 47.1 Å². The molecule has 0 radical (unpaired) electrons. The van der Waals surface area contributed by atoms with Gasteiger partial charge in [-0.1, -0.05) is 24.0 Å². The Bertz CT molecular complexity index is 842. The van der Waals surface area contributed by atoms with Crippen LogP contribution in [0, 0.1) is 0 Å². The minimum atomic E-state index is -0.158. The fourth-order valence-electron chi connectivity index (χ4n) is 2.40. The molecule has 0 atom stereocenters. The van der Waals surface area contributed by atoms with Gasteiger partial charge in [0.05, 0.1) is 24.8 Å². The molecule has 1 aromatic carbocycles. The van der Waals surface area contributed by atoms with Crippen LogP contribution in [0.1, 0.15) is 5.69 Å². The molecule has 3 rings (SSSR count). The average Bonchev–Trinajstić information content (AvgIpc) is 3.11. The van der Waals surface area contributed by atoms with E-state index < -0.39 is 0 Å². The number of ether oxygens (including phenoxy) is 2. The minimum absolute atomic E-state index is 0.158. The number of thioether (sulfide) groups is 1. The lowest BCUT2D eigenvalue weighted by atomic mass is 10.2. The van der Waals surface area contributed by atoms with E-state index in [1.54, 1.807) is 32.4 Å². The molecule has 0 aliphatic carbocycles. The number of aromatic nitrogens is 1. The van der Waals surface area contributed by atoms with Gasteiger partial charge < -0.3 is 14.0 Å². The standard InChI is InChI=1S/C17H16N2O3S2/c1-18-8-4-5-11(18)9-15-16(20)19(17(23)24-15)13-7-6-12(21-2)10-14(13)22-3/h4-10H,1-3H3. The zero-order valence-electron chi connectivity index (χ0n) is 13.5. The highest BCUT2D eigenvalue weighted by Crippen LogP contribution is 2.41. The van der Waals surface area contributed by atoms with Gasteiger partial charge in [0, 0.05) is 25.0 Å². The first-order valence-corrected chi connectivity index (χ1v) is 8.39. The quantitative estimate of drug-likeness (QED) is 0.617. The molecule has 7 heteroatoms. The molecular weight excluding hydrogens is 344 g/mol. The van der Waals surface area contributed by atoms with E-state index in [0.717, 1.165) is 5.69 Å². The maximum absolute atomic E-state index is 12.8. The van der Waals surface area contributed by atoms with Crippen LogP contribution in [-0.4, -0.2) is 29.0 Å². The number of carbonyl (C=O) groups excluding carboxylic acids is 1. The smallest absolute Gasteiger partial charge is 0.270 e. The third kappa shape index (κ3) is 2.92. The molecule has 1 aliphatic heterocycles. The van der Waals surface area contributed by atoms with Crippen LogP contribution in [0.25, 0.3) is 6.08 Å². The monoisotopic (exact) mass is 360 g/mol. The van der Waals surface area contributed by atoms with Crippen LogP contribution in [0.5, 0.6) is 11.5 Å². The first-order valence-electron chi connectivity index (χ1n) is 7.16. The molecule has 5 nitrogen and oxygen atoms in total. The van der Waals surface area contributed by atoms with Crippen molar-refractivity contribution in [2.24, 2.45) is 7.05 Å². The van der Waals surface area contributed by atoms with Gasteiger partial charge in [0.1, 0.15) is 11.5 Å². The second kappa shape index (κ2) is 6.70. The van der Waals surface area contributed by atoms with Gasteiger partial charge in [0.15, 0.2) is 4.32 Å². The number of benzene rings is 1. The van der Waals surface area contributed by atoms with Gasteiger partial charge in [0.25, 0.3) is 5.91 Å². The summed E-state index contributed by atoms with van der Waals surface area (Å²) in [5.41, 5.74) is 1.55. The molecule has 1 amide bonds. The van der Waals surface area contributed by atoms with Crippen LogP contribution < -0.4 is 14.4 Å². The highest BCUT2D eigenvalue weighted by atomic mass is 32.2. The molecule has 24 heavy (non-hydrogen) atoms. The van der Waals surface area contributed by atoms with Crippen LogP contribution in [0.15, 0.2) is 41.4 Å². The van der Waals surface area contributed by atoms with Crippen LogP contribution >= 0.6 is 24.0 Å². The van der Waals surface area contributed by atoms with E-state index in [0.29, 0.717) is 26.4 Å². The van der Waals surface area contributed by atoms with Crippen LogP contribution in [0.2, 0.25) is 0 Å². The largest absolute Gasteiger partial charge is 0.497 e. The van der Waals surface area contributed by atoms with E-state index in [9.17, 15) is 4.79 Å². The fraction of sp³-hybridized carbons (Fsp3) is 0.176. The zero-order valence-corrected chi connectivity index (χ0v) is 15.1. The Hall–Kier alpha value is -2.25. The van der Waals surface area contributed by atoms with Gasteiger partial charge >= 0.3 is 0 Å². The van der Waals surface area contributed by atoms with Crippen LogP contribution in [-0.2, 0) is 11.8 Å². The Balaban J connectivity index is 1.98. The first kappa shape index (κ1) is 16.6. The molecule has 2 aromatic rings. The molecule has 2 heterocycles. The summed E-state index contributed by atoms with van der Waals surface area (Å²) in [7, 11) is 5.06. The molecule has 0 unspecified atom stereocenters. The number of amides is 1. The number of hydrogen-bond donors (Lipinski definition) is 0. The second-order valence-corrected chi connectivity index (χ2v) is 6.77. The van der Waals surface area contributed by atoms with Gasteiger partial charge in [-0.2, -0.15) is 0 Å². The SMILES string of the molecule is COc1ccc(N2C(=O)C(=Cc3cccn3C)SC2=S)c(OC)c1. The molecule has 1 aliphatic rings. The minimum Gasteiger partial charge on any atom is -0.497 e. The van der Waals surface area contributed by atoms with E-state index >= 15 is 0 Å².